The lowest BCUT2D eigenvalue weighted by molar-refractivity contribution is 0.561. The molecule has 17 heavy (non-hydrogen) atoms. The van der Waals surface area contributed by atoms with Crippen molar-refractivity contribution in [3.63, 3.8) is 0 Å². The molecule has 0 spiro atoms. The normalized spacial score (nSPS) is 11.7. The fourth-order valence-electron chi connectivity index (χ4n) is 2.17. The lowest BCUT2D eigenvalue weighted by Crippen LogP contribution is -2.21. The number of unbranched alkanes of at least 4 members (excludes halogenated alkanes) is 9. The first-order valence-corrected chi connectivity index (χ1v) is 11.0. The molecule has 0 aliphatic heterocycles. The van der Waals surface area contributed by atoms with Crippen molar-refractivity contribution in [2.24, 2.45) is 0 Å². The molecule has 0 aromatic rings. The first-order chi connectivity index (χ1) is 8.12. The summed E-state index contributed by atoms with van der Waals surface area (Å²) >= 11 is 0. The fourth-order valence-corrected chi connectivity index (χ4v) is 3.54. The Morgan fingerprint density at radius 2 is 1.18 bits per heavy atom. The quantitative estimate of drug-likeness (QED) is 0.281. The van der Waals surface area contributed by atoms with Crippen LogP contribution in [0.15, 0.2) is 12.3 Å². The molecule has 0 aromatic carbocycles. The number of rotatable bonds is 12. The highest BCUT2D eigenvalue weighted by atomic mass is 28.3. The summed E-state index contributed by atoms with van der Waals surface area (Å²) in [4.78, 5) is 0. The van der Waals surface area contributed by atoms with Crippen LogP contribution >= 0.6 is 0 Å². The van der Waals surface area contributed by atoms with E-state index in [1.807, 2.05) is 0 Å². The van der Waals surface area contributed by atoms with E-state index in [1.165, 1.54) is 70.3 Å². The predicted molar refractivity (Wildman–Crippen MR) is 84.3 cm³/mol. The minimum atomic E-state index is -1.00. The average Bonchev–Trinajstić information content (AvgIpc) is 2.31. The summed E-state index contributed by atoms with van der Waals surface area (Å²) in [5.74, 6) is 0. The van der Waals surface area contributed by atoms with Crippen molar-refractivity contribution in [3.05, 3.63) is 12.3 Å². The molecular weight excluding hydrogens is 220 g/mol. The van der Waals surface area contributed by atoms with E-state index < -0.39 is 8.07 Å². The monoisotopic (exact) mass is 254 g/mol. The van der Waals surface area contributed by atoms with E-state index in [2.05, 4.69) is 32.3 Å². The Balaban J connectivity index is 3.11. The van der Waals surface area contributed by atoms with E-state index in [0.29, 0.717) is 0 Å². The van der Waals surface area contributed by atoms with Crippen LogP contribution in [0.3, 0.4) is 0 Å². The van der Waals surface area contributed by atoms with Crippen LogP contribution in [0.1, 0.15) is 71.1 Å². The lowest BCUT2D eigenvalue weighted by atomic mass is 10.1. The Morgan fingerprint density at radius 1 is 0.765 bits per heavy atom. The zero-order chi connectivity index (χ0) is 13.0. The minimum absolute atomic E-state index is 1.00. The number of hydrogen-bond acceptors (Lipinski definition) is 0. The molecule has 0 unspecified atom stereocenters. The highest BCUT2D eigenvalue weighted by molar-refractivity contribution is 6.82. The van der Waals surface area contributed by atoms with Gasteiger partial charge in [0.1, 0.15) is 0 Å². The summed E-state index contributed by atoms with van der Waals surface area (Å²) in [7, 11) is -1.00. The zero-order valence-electron chi connectivity index (χ0n) is 12.6. The van der Waals surface area contributed by atoms with Gasteiger partial charge in [-0.25, -0.2) is 0 Å². The van der Waals surface area contributed by atoms with Gasteiger partial charge in [0.15, 0.2) is 0 Å². The van der Waals surface area contributed by atoms with E-state index in [1.54, 1.807) is 0 Å². The van der Waals surface area contributed by atoms with Crippen molar-refractivity contribution in [2.45, 2.75) is 90.3 Å². The van der Waals surface area contributed by atoms with Crippen LogP contribution in [-0.2, 0) is 0 Å². The van der Waals surface area contributed by atoms with Gasteiger partial charge in [0.25, 0.3) is 0 Å². The van der Waals surface area contributed by atoms with E-state index in [0.717, 1.165) is 0 Å². The van der Waals surface area contributed by atoms with Crippen molar-refractivity contribution in [3.8, 4) is 0 Å². The first kappa shape index (κ1) is 17.0. The summed E-state index contributed by atoms with van der Waals surface area (Å²) in [6.45, 7) is 11.1. The van der Waals surface area contributed by atoms with Crippen molar-refractivity contribution in [1.29, 1.82) is 0 Å². The fraction of sp³-hybridized carbons (Fsp3) is 0.875. The van der Waals surface area contributed by atoms with Crippen molar-refractivity contribution >= 4 is 8.07 Å². The summed E-state index contributed by atoms with van der Waals surface area (Å²) in [6.07, 6.45) is 14.4. The SMILES string of the molecule is C=C[Si](C)(C)CCCCCCCCCCCC. The van der Waals surface area contributed by atoms with Crippen molar-refractivity contribution in [2.75, 3.05) is 0 Å². The molecule has 0 N–H and O–H groups in total. The molecule has 0 aliphatic rings. The largest absolute Gasteiger partial charge is 0.107 e. The molecule has 0 nitrogen and oxygen atoms in total. The molecule has 0 rings (SSSR count). The first-order valence-electron chi connectivity index (χ1n) is 7.76. The summed E-state index contributed by atoms with van der Waals surface area (Å²) in [5.41, 5.74) is 2.24. The minimum Gasteiger partial charge on any atom is -0.107 e. The third-order valence-corrected chi connectivity index (χ3v) is 6.47. The highest BCUT2D eigenvalue weighted by Gasteiger charge is 2.14. The van der Waals surface area contributed by atoms with Gasteiger partial charge in [-0.3, -0.25) is 0 Å². The molecule has 1 heteroatoms. The van der Waals surface area contributed by atoms with Gasteiger partial charge >= 0.3 is 0 Å². The Kier molecular flexibility index (Phi) is 11.0. The second-order valence-corrected chi connectivity index (χ2v) is 11.0. The summed E-state index contributed by atoms with van der Waals surface area (Å²) in [6, 6.07) is 1.44. The van der Waals surface area contributed by atoms with Crippen LogP contribution in [0.4, 0.5) is 0 Å². The molecule has 0 radical (unpaired) electrons. The topological polar surface area (TPSA) is 0 Å². The average molecular weight is 255 g/mol. The highest BCUT2D eigenvalue weighted by Crippen LogP contribution is 2.17. The zero-order valence-corrected chi connectivity index (χ0v) is 13.6. The van der Waals surface area contributed by atoms with Crippen LogP contribution in [0, 0.1) is 0 Å². The Labute approximate surface area is 111 Å². The molecule has 102 valence electrons. The molecule has 0 saturated carbocycles. The van der Waals surface area contributed by atoms with Gasteiger partial charge in [0.2, 0.25) is 0 Å². The van der Waals surface area contributed by atoms with Gasteiger partial charge in [-0.15, -0.1) is 12.3 Å². The molecule has 0 aromatic heterocycles. The van der Waals surface area contributed by atoms with E-state index >= 15 is 0 Å². The molecular formula is C16H34Si. The summed E-state index contributed by atoms with van der Waals surface area (Å²) < 4.78 is 0. The van der Waals surface area contributed by atoms with Crippen molar-refractivity contribution < 1.29 is 0 Å². The smallest absolute Gasteiger partial charge is 0.0709 e. The molecule has 0 heterocycles. The van der Waals surface area contributed by atoms with Gasteiger partial charge in [0.05, 0.1) is 8.07 Å². The van der Waals surface area contributed by atoms with Crippen LogP contribution in [0.2, 0.25) is 19.1 Å². The van der Waals surface area contributed by atoms with Gasteiger partial charge < -0.3 is 0 Å². The Hall–Kier alpha value is -0.0431. The third kappa shape index (κ3) is 12.2. The van der Waals surface area contributed by atoms with Gasteiger partial charge in [-0.1, -0.05) is 90.3 Å². The van der Waals surface area contributed by atoms with Crippen LogP contribution in [0.25, 0.3) is 0 Å². The van der Waals surface area contributed by atoms with Crippen LogP contribution < -0.4 is 0 Å². The third-order valence-electron chi connectivity index (χ3n) is 3.73. The maximum atomic E-state index is 3.96. The van der Waals surface area contributed by atoms with E-state index in [9.17, 15) is 0 Å². The molecule has 0 aliphatic carbocycles. The molecule has 0 saturated heterocycles. The second-order valence-electron chi connectivity index (χ2n) is 6.12. The Morgan fingerprint density at radius 3 is 1.59 bits per heavy atom. The standard InChI is InChI=1S/C16H34Si/c1-5-7-8-9-10-11-12-13-14-15-16-17(3,4)6-2/h6H,2,5,7-16H2,1,3-4H3. The predicted octanol–water partition coefficient (Wildman–Crippen LogP) is 6.34. The maximum Gasteiger partial charge on any atom is 0.0709 e. The van der Waals surface area contributed by atoms with Gasteiger partial charge in [-0.05, 0) is 0 Å². The van der Waals surface area contributed by atoms with Crippen molar-refractivity contribution in [1.82, 2.24) is 0 Å². The molecule has 0 atom stereocenters. The van der Waals surface area contributed by atoms with Crippen LogP contribution in [-0.4, -0.2) is 8.07 Å². The Bertz CT molecular complexity index is 172. The molecule has 0 amide bonds. The number of hydrogen-bond donors (Lipinski definition) is 0. The van der Waals surface area contributed by atoms with Crippen LogP contribution in [0.5, 0.6) is 0 Å². The second kappa shape index (κ2) is 11.1. The maximum absolute atomic E-state index is 3.96. The lowest BCUT2D eigenvalue weighted by Gasteiger charge is -2.16. The van der Waals surface area contributed by atoms with Gasteiger partial charge in [-0.2, -0.15) is 0 Å². The summed E-state index contributed by atoms with van der Waals surface area (Å²) in [5, 5.41) is 0. The van der Waals surface area contributed by atoms with E-state index in [-0.39, 0.29) is 0 Å². The molecule has 0 bridgehead atoms. The van der Waals surface area contributed by atoms with Gasteiger partial charge in [0, 0.05) is 0 Å². The van der Waals surface area contributed by atoms with E-state index in [4.69, 9.17) is 0 Å². The molecule has 0 fully saturated rings.